The van der Waals surface area contributed by atoms with E-state index in [4.69, 9.17) is 4.74 Å². The Labute approximate surface area is 168 Å². The van der Waals surface area contributed by atoms with Gasteiger partial charge in [0, 0.05) is 12.1 Å². The number of benzene rings is 2. The van der Waals surface area contributed by atoms with Crippen molar-refractivity contribution >= 4 is 17.5 Å². The van der Waals surface area contributed by atoms with Gasteiger partial charge in [0.25, 0.3) is 5.69 Å². The van der Waals surface area contributed by atoms with Gasteiger partial charge >= 0.3 is 0 Å². The molecule has 2 aliphatic heterocycles. The van der Waals surface area contributed by atoms with Gasteiger partial charge in [0.1, 0.15) is 12.3 Å². The monoisotopic (exact) mass is 395 g/mol. The number of hydrogen-bond acceptors (Lipinski definition) is 5. The molecule has 2 aliphatic rings. The predicted octanol–water partition coefficient (Wildman–Crippen LogP) is 2.73. The van der Waals surface area contributed by atoms with Crippen molar-refractivity contribution in [3.63, 3.8) is 0 Å². The molecular formula is C22H23N2O5+. The van der Waals surface area contributed by atoms with Crippen LogP contribution < -0.4 is 9.64 Å². The van der Waals surface area contributed by atoms with Crippen molar-refractivity contribution in [2.75, 3.05) is 13.1 Å². The molecule has 4 rings (SSSR count). The molecule has 1 saturated heterocycles. The number of hydrogen-bond donors (Lipinski definition) is 2. The Balaban J connectivity index is 1.59. The van der Waals surface area contributed by atoms with E-state index in [0.717, 1.165) is 31.8 Å². The normalized spacial score (nSPS) is 22.4. The maximum absolute atomic E-state index is 12.8. The van der Waals surface area contributed by atoms with Crippen molar-refractivity contribution in [3.05, 3.63) is 69.0 Å². The Kier molecular flexibility index (Phi) is 5.07. The number of carbonyl (C=O) groups excluding carboxylic acids is 1. The quantitative estimate of drug-likeness (QED) is 0.472. The average molecular weight is 395 g/mol. The fourth-order valence-corrected chi connectivity index (χ4v) is 3.91. The molecule has 0 bridgehead atoms. The van der Waals surface area contributed by atoms with E-state index in [2.05, 4.69) is 6.92 Å². The van der Waals surface area contributed by atoms with E-state index in [0.29, 0.717) is 29.0 Å². The molecule has 0 unspecified atom stereocenters. The molecule has 0 radical (unpaired) electrons. The van der Waals surface area contributed by atoms with Crippen LogP contribution in [0.4, 0.5) is 5.69 Å². The minimum absolute atomic E-state index is 0.0138. The van der Waals surface area contributed by atoms with Crippen LogP contribution in [0.1, 0.15) is 41.3 Å². The third-order valence-corrected chi connectivity index (χ3v) is 5.73. The molecule has 2 aromatic carbocycles. The van der Waals surface area contributed by atoms with E-state index in [9.17, 15) is 20.0 Å². The summed E-state index contributed by atoms with van der Waals surface area (Å²) in [5, 5.41) is 21.2. The number of rotatable bonds is 4. The second-order valence-electron chi connectivity index (χ2n) is 7.84. The first-order valence-electron chi connectivity index (χ1n) is 9.79. The van der Waals surface area contributed by atoms with Gasteiger partial charge < -0.3 is 14.7 Å². The van der Waals surface area contributed by atoms with E-state index < -0.39 is 4.92 Å². The number of quaternary nitrogens is 1. The molecule has 29 heavy (non-hydrogen) atoms. The lowest BCUT2D eigenvalue weighted by molar-refractivity contribution is -0.919. The van der Waals surface area contributed by atoms with Gasteiger partial charge in [-0.1, -0.05) is 6.92 Å². The molecular weight excluding hydrogens is 372 g/mol. The summed E-state index contributed by atoms with van der Waals surface area (Å²) in [5.41, 5.74) is 1.72. The number of nitrogens with one attached hydrogen (secondary N) is 1. The van der Waals surface area contributed by atoms with Crippen molar-refractivity contribution in [1.82, 2.24) is 0 Å². The summed E-state index contributed by atoms with van der Waals surface area (Å²) in [6, 6.07) is 9.05. The van der Waals surface area contributed by atoms with E-state index in [1.54, 1.807) is 30.3 Å². The smallest absolute Gasteiger partial charge is 0.269 e. The number of piperidine rings is 1. The number of phenols is 1. The Hall–Kier alpha value is -3.19. The fourth-order valence-electron chi connectivity index (χ4n) is 3.91. The van der Waals surface area contributed by atoms with Crippen LogP contribution in [0.2, 0.25) is 0 Å². The van der Waals surface area contributed by atoms with Crippen LogP contribution in [-0.4, -0.2) is 28.9 Å². The third kappa shape index (κ3) is 3.86. The highest BCUT2D eigenvalue weighted by atomic mass is 16.6. The summed E-state index contributed by atoms with van der Waals surface area (Å²) in [6.45, 7) is 4.93. The summed E-state index contributed by atoms with van der Waals surface area (Å²) < 4.78 is 5.88. The van der Waals surface area contributed by atoms with Gasteiger partial charge in [-0.3, -0.25) is 14.9 Å². The molecule has 150 valence electrons. The number of nitrogens with zero attached hydrogens (tertiary/aromatic N) is 1. The van der Waals surface area contributed by atoms with Crippen molar-refractivity contribution in [2.24, 2.45) is 5.92 Å². The van der Waals surface area contributed by atoms with E-state index in [1.165, 1.54) is 17.0 Å². The molecule has 2 aromatic rings. The second-order valence-corrected chi connectivity index (χ2v) is 7.84. The van der Waals surface area contributed by atoms with Crippen LogP contribution in [0, 0.1) is 16.0 Å². The number of phenolic OH excluding ortho intramolecular Hbond substituents is 1. The lowest BCUT2D eigenvalue weighted by Gasteiger charge is -2.27. The Bertz CT molecular complexity index is 989. The molecule has 7 nitrogen and oxygen atoms in total. The first kappa shape index (κ1) is 19.1. The number of ketones is 1. The molecule has 1 fully saturated rings. The second kappa shape index (κ2) is 7.67. The summed E-state index contributed by atoms with van der Waals surface area (Å²) in [7, 11) is 0. The number of nitro groups is 1. The fraction of sp³-hybridized carbons (Fsp3) is 0.318. The van der Waals surface area contributed by atoms with E-state index >= 15 is 0 Å². The summed E-state index contributed by atoms with van der Waals surface area (Å²) in [4.78, 5) is 24.5. The highest BCUT2D eigenvalue weighted by molar-refractivity contribution is 6.15. The number of ether oxygens (including phenoxy) is 1. The molecule has 2 N–H and O–H groups in total. The Morgan fingerprint density at radius 2 is 1.90 bits per heavy atom. The van der Waals surface area contributed by atoms with Gasteiger partial charge in [-0.05, 0) is 54.7 Å². The van der Waals surface area contributed by atoms with Gasteiger partial charge in [-0.25, -0.2) is 0 Å². The largest absolute Gasteiger partial charge is 0.507 e. The van der Waals surface area contributed by atoms with E-state index in [-0.39, 0.29) is 23.0 Å². The molecule has 0 atom stereocenters. The van der Waals surface area contributed by atoms with E-state index in [1.807, 2.05) is 0 Å². The highest BCUT2D eigenvalue weighted by Crippen LogP contribution is 2.39. The van der Waals surface area contributed by atoms with Crippen molar-refractivity contribution < 1.29 is 24.5 Å². The molecule has 0 spiro atoms. The lowest BCUT2D eigenvalue weighted by atomic mass is 9.98. The van der Waals surface area contributed by atoms with Gasteiger partial charge in [0.2, 0.25) is 5.78 Å². The molecule has 0 aromatic heterocycles. The topological polar surface area (TPSA) is 94.1 Å². The average Bonchev–Trinajstić information content (AvgIpc) is 3.02. The van der Waals surface area contributed by atoms with Crippen molar-refractivity contribution in [2.45, 2.75) is 26.3 Å². The van der Waals surface area contributed by atoms with Gasteiger partial charge in [-0.15, -0.1) is 0 Å². The van der Waals surface area contributed by atoms with Gasteiger partial charge in [-0.2, -0.15) is 0 Å². The van der Waals surface area contributed by atoms with Crippen LogP contribution in [0.5, 0.6) is 11.5 Å². The summed E-state index contributed by atoms with van der Waals surface area (Å²) in [5.74, 6) is 1.20. The van der Waals surface area contributed by atoms with Crippen molar-refractivity contribution in [1.29, 1.82) is 0 Å². The van der Waals surface area contributed by atoms with Crippen molar-refractivity contribution in [3.8, 4) is 11.5 Å². The molecule has 0 aliphatic carbocycles. The number of non-ortho nitro benzene ring substituents is 1. The van der Waals surface area contributed by atoms with Crippen LogP contribution >= 0.6 is 0 Å². The minimum Gasteiger partial charge on any atom is -0.507 e. The number of carbonyl (C=O) groups is 1. The van der Waals surface area contributed by atoms with Crippen LogP contribution in [0.15, 0.2) is 42.2 Å². The zero-order valence-electron chi connectivity index (χ0n) is 16.2. The molecule has 0 saturated carbocycles. The van der Waals surface area contributed by atoms with Crippen LogP contribution in [-0.2, 0) is 6.54 Å². The number of allylic oxidation sites excluding steroid dienone is 1. The van der Waals surface area contributed by atoms with Crippen LogP contribution in [0.3, 0.4) is 0 Å². The Morgan fingerprint density at radius 3 is 2.55 bits per heavy atom. The zero-order chi connectivity index (χ0) is 20.5. The lowest BCUT2D eigenvalue weighted by Crippen LogP contribution is -3.11. The summed E-state index contributed by atoms with van der Waals surface area (Å²) in [6.07, 6.45) is 3.87. The highest BCUT2D eigenvalue weighted by Gasteiger charge is 2.33. The SMILES string of the molecule is CC1CC[NH+](Cc2c(O)ccc3c2O/C(=C/c2ccc([N+](=O)[O-])cc2)C3=O)CC1. The number of aromatic hydroxyl groups is 1. The molecule has 2 heterocycles. The summed E-state index contributed by atoms with van der Waals surface area (Å²) >= 11 is 0. The van der Waals surface area contributed by atoms with Gasteiger partial charge in [0.05, 0.1) is 29.1 Å². The third-order valence-electron chi connectivity index (χ3n) is 5.73. The zero-order valence-corrected chi connectivity index (χ0v) is 16.2. The first-order chi connectivity index (χ1) is 13.9. The maximum atomic E-state index is 12.8. The van der Waals surface area contributed by atoms with Crippen LogP contribution in [0.25, 0.3) is 6.08 Å². The molecule has 0 amide bonds. The molecule has 7 heteroatoms. The number of fused-ring (bicyclic) bond motifs is 1. The minimum atomic E-state index is -0.470. The Morgan fingerprint density at radius 1 is 1.21 bits per heavy atom. The van der Waals surface area contributed by atoms with Gasteiger partial charge in [0.15, 0.2) is 11.5 Å². The number of likely N-dealkylation sites (tertiary alicyclic amines) is 1. The first-order valence-corrected chi connectivity index (χ1v) is 9.79. The number of Topliss-reactive ketones (excluding diaryl/α,β-unsaturated/α-hetero) is 1. The maximum Gasteiger partial charge on any atom is 0.269 e. The predicted molar refractivity (Wildman–Crippen MR) is 107 cm³/mol. The number of nitro benzene ring substituents is 1. The standard InChI is InChI=1S/C22H22N2O5/c1-14-8-10-23(11-9-14)13-18-19(25)7-6-17-21(26)20(29-22(17)18)12-15-2-4-16(5-3-15)24(27)28/h2-7,12,14,25H,8-11,13H2,1H3/p+1/b20-12+.